The Labute approximate surface area is 125 Å². The van der Waals surface area contributed by atoms with Crippen molar-refractivity contribution in [2.75, 3.05) is 12.4 Å². The third-order valence-electron chi connectivity index (χ3n) is 4.05. The number of likely N-dealkylation sites (N-methyl/N-ethyl adjacent to an activating group) is 1. The largest absolute Gasteiger partial charge is 0.359 e. The highest BCUT2D eigenvalue weighted by Crippen LogP contribution is 2.27. The molecule has 114 valence electrons. The molecule has 0 heterocycles. The van der Waals surface area contributed by atoms with Crippen LogP contribution in [0, 0.1) is 0 Å². The van der Waals surface area contributed by atoms with Gasteiger partial charge in [-0.15, -0.1) is 0 Å². The second kappa shape index (κ2) is 6.72. The zero-order valence-corrected chi connectivity index (χ0v) is 12.4. The summed E-state index contributed by atoms with van der Waals surface area (Å²) in [6.45, 7) is 0. The Hall–Kier alpha value is -1.88. The fraction of sp³-hybridized carbons (Fsp3) is 0.500. The molecule has 1 fully saturated rings. The third-order valence-corrected chi connectivity index (χ3v) is 4.05. The number of carbonyl (C=O) groups is 2. The van der Waals surface area contributed by atoms with E-state index in [0.717, 1.165) is 43.4 Å². The minimum Gasteiger partial charge on any atom is -0.359 e. The molecule has 0 saturated heterocycles. The van der Waals surface area contributed by atoms with Crippen molar-refractivity contribution in [3.63, 3.8) is 0 Å². The zero-order valence-electron chi connectivity index (χ0n) is 12.4. The monoisotopic (exact) mass is 289 g/mol. The van der Waals surface area contributed by atoms with Gasteiger partial charge in [0.25, 0.3) is 0 Å². The number of carbonyl (C=O) groups excluding carboxylic acids is 2. The average Bonchev–Trinajstić information content (AvgIpc) is 2.50. The van der Waals surface area contributed by atoms with Crippen LogP contribution >= 0.6 is 0 Å². The Bertz CT molecular complexity index is 505. The molecule has 0 spiro atoms. The van der Waals surface area contributed by atoms with Gasteiger partial charge in [0.05, 0.1) is 12.0 Å². The quantitative estimate of drug-likeness (QED) is 0.786. The number of amides is 2. The highest BCUT2D eigenvalue weighted by Gasteiger charge is 2.35. The molecule has 2 rings (SSSR count). The normalized spacial score (nSPS) is 17.0. The number of benzene rings is 1. The van der Waals surface area contributed by atoms with E-state index in [9.17, 15) is 9.59 Å². The summed E-state index contributed by atoms with van der Waals surface area (Å²) < 4.78 is 0. The summed E-state index contributed by atoms with van der Waals surface area (Å²) in [7, 11) is 1.61. The van der Waals surface area contributed by atoms with Gasteiger partial charge in [0.1, 0.15) is 0 Å². The van der Waals surface area contributed by atoms with Crippen LogP contribution in [0.2, 0.25) is 0 Å². The predicted octanol–water partition coefficient (Wildman–Crippen LogP) is 1.58. The van der Waals surface area contributed by atoms with Crippen LogP contribution in [-0.2, 0) is 16.0 Å². The van der Waals surface area contributed by atoms with E-state index >= 15 is 0 Å². The lowest BCUT2D eigenvalue weighted by Crippen LogP contribution is -2.52. The molecule has 21 heavy (non-hydrogen) atoms. The Morgan fingerprint density at radius 3 is 2.33 bits per heavy atom. The van der Waals surface area contributed by atoms with Crippen LogP contribution in [0.4, 0.5) is 5.69 Å². The van der Waals surface area contributed by atoms with Gasteiger partial charge in [0.15, 0.2) is 0 Å². The van der Waals surface area contributed by atoms with Crippen molar-refractivity contribution < 1.29 is 9.59 Å². The fourth-order valence-corrected chi connectivity index (χ4v) is 2.65. The average molecular weight is 289 g/mol. The van der Waals surface area contributed by atoms with Crippen LogP contribution < -0.4 is 16.4 Å². The lowest BCUT2D eigenvalue weighted by Gasteiger charge is -2.31. The molecule has 5 nitrogen and oxygen atoms in total. The van der Waals surface area contributed by atoms with Crippen molar-refractivity contribution in [2.45, 2.75) is 44.1 Å². The van der Waals surface area contributed by atoms with Crippen LogP contribution in [0.1, 0.15) is 37.7 Å². The zero-order chi connectivity index (χ0) is 15.3. The minimum absolute atomic E-state index is 0.0325. The molecule has 1 aromatic rings. The molecule has 1 aromatic carbocycles. The highest BCUT2D eigenvalue weighted by atomic mass is 16.2. The summed E-state index contributed by atoms with van der Waals surface area (Å²) in [5.41, 5.74) is 7.09. The molecule has 0 atom stereocenters. The van der Waals surface area contributed by atoms with Gasteiger partial charge in [0.2, 0.25) is 11.8 Å². The van der Waals surface area contributed by atoms with Crippen LogP contribution in [0.15, 0.2) is 24.3 Å². The first-order valence-electron chi connectivity index (χ1n) is 7.43. The second-order valence-corrected chi connectivity index (χ2v) is 5.72. The molecule has 4 N–H and O–H groups in total. The summed E-state index contributed by atoms with van der Waals surface area (Å²) >= 11 is 0. The number of nitrogens with two attached hydrogens (primary N) is 1. The van der Waals surface area contributed by atoms with E-state index in [4.69, 9.17) is 5.73 Å². The molecule has 1 saturated carbocycles. The predicted molar refractivity (Wildman–Crippen MR) is 82.8 cm³/mol. The Kier molecular flexibility index (Phi) is 4.96. The van der Waals surface area contributed by atoms with E-state index in [2.05, 4.69) is 10.6 Å². The maximum absolute atomic E-state index is 12.3. The van der Waals surface area contributed by atoms with Crippen LogP contribution in [0.5, 0.6) is 0 Å². The Morgan fingerprint density at radius 2 is 1.76 bits per heavy atom. The first-order valence-corrected chi connectivity index (χ1v) is 7.43. The van der Waals surface area contributed by atoms with Crippen molar-refractivity contribution in [3.05, 3.63) is 29.8 Å². The molecule has 0 unspecified atom stereocenters. The number of anilines is 1. The summed E-state index contributed by atoms with van der Waals surface area (Å²) in [6.07, 6.45) is 5.00. The van der Waals surface area contributed by atoms with E-state index in [1.54, 1.807) is 7.05 Å². The van der Waals surface area contributed by atoms with Crippen molar-refractivity contribution in [1.29, 1.82) is 0 Å². The number of rotatable bonds is 4. The van der Waals surface area contributed by atoms with Gasteiger partial charge in [-0.25, -0.2) is 0 Å². The maximum atomic E-state index is 12.3. The second-order valence-electron chi connectivity index (χ2n) is 5.72. The summed E-state index contributed by atoms with van der Waals surface area (Å²) in [5, 5.41) is 5.47. The molecule has 0 radical (unpaired) electrons. The van der Waals surface area contributed by atoms with Crippen LogP contribution in [0.25, 0.3) is 0 Å². The first kappa shape index (κ1) is 15.5. The lowest BCUT2D eigenvalue weighted by atomic mass is 9.82. The first-order chi connectivity index (χ1) is 10.0. The Balaban J connectivity index is 1.96. The van der Waals surface area contributed by atoms with E-state index < -0.39 is 5.54 Å². The van der Waals surface area contributed by atoms with Gasteiger partial charge in [-0.3, -0.25) is 9.59 Å². The lowest BCUT2D eigenvalue weighted by molar-refractivity contribution is -0.122. The van der Waals surface area contributed by atoms with E-state index in [1.807, 2.05) is 24.3 Å². The third kappa shape index (κ3) is 4.04. The maximum Gasteiger partial charge on any atom is 0.244 e. The summed E-state index contributed by atoms with van der Waals surface area (Å²) in [6, 6.07) is 7.30. The van der Waals surface area contributed by atoms with Crippen molar-refractivity contribution >= 4 is 17.5 Å². The standard InChI is InChI=1S/C16H23N3O2/c1-18-14(20)11-12-5-7-13(8-6-12)19-15(21)16(17)9-3-2-4-10-16/h5-8H,2-4,9-11,17H2,1H3,(H,18,20)(H,19,21). The summed E-state index contributed by atoms with van der Waals surface area (Å²) in [4.78, 5) is 23.6. The Morgan fingerprint density at radius 1 is 1.14 bits per heavy atom. The van der Waals surface area contributed by atoms with Crippen molar-refractivity contribution in [2.24, 2.45) is 5.73 Å². The molecule has 2 amide bonds. The van der Waals surface area contributed by atoms with Gasteiger partial charge in [-0.2, -0.15) is 0 Å². The topological polar surface area (TPSA) is 84.2 Å². The molecule has 5 heteroatoms. The fourth-order valence-electron chi connectivity index (χ4n) is 2.65. The number of hydrogen-bond donors (Lipinski definition) is 3. The number of nitrogens with one attached hydrogen (secondary N) is 2. The van der Waals surface area contributed by atoms with E-state index in [0.29, 0.717) is 6.42 Å². The molecule has 0 aromatic heterocycles. The van der Waals surface area contributed by atoms with Gasteiger partial charge >= 0.3 is 0 Å². The molecular weight excluding hydrogens is 266 g/mol. The smallest absolute Gasteiger partial charge is 0.244 e. The molecular formula is C16H23N3O2. The minimum atomic E-state index is -0.737. The van der Waals surface area contributed by atoms with Crippen molar-refractivity contribution in [3.8, 4) is 0 Å². The molecule has 0 bridgehead atoms. The van der Waals surface area contributed by atoms with Crippen LogP contribution in [0.3, 0.4) is 0 Å². The highest BCUT2D eigenvalue weighted by molar-refractivity contribution is 5.98. The molecule has 1 aliphatic rings. The van der Waals surface area contributed by atoms with E-state index in [1.165, 1.54) is 0 Å². The van der Waals surface area contributed by atoms with Gasteiger partial charge in [-0.1, -0.05) is 31.4 Å². The number of hydrogen-bond acceptors (Lipinski definition) is 3. The van der Waals surface area contributed by atoms with Gasteiger partial charge < -0.3 is 16.4 Å². The van der Waals surface area contributed by atoms with Gasteiger partial charge in [0, 0.05) is 12.7 Å². The molecule has 1 aliphatic carbocycles. The summed E-state index contributed by atoms with van der Waals surface area (Å²) in [5.74, 6) is -0.142. The van der Waals surface area contributed by atoms with E-state index in [-0.39, 0.29) is 11.8 Å². The SMILES string of the molecule is CNC(=O)Cc1ccc(NC(=O)C2(N)CCCCC2)cc1. The van der Waals surface area contributed by atoms with Crippen molar-refractivity contribution in [1.82, 2.24) is 5.32 Å². The van der Waals surface area contributed by atoms with Crippen LogP contribution in [-0.4, -0.2) is 24.4 Å². The van der Waals surface area contributed by atoms with Gasteiger partial charge in [-0.05, 0) is 30.5 Å². The molecule has 0 aliphatic heterocycles.